The number of hydrogen-bond donors (Lipinski definition) is 2. The molecule has 0 aliphatic carbocycles. The van der Waals surface area contributed by atoms with Gasteiger partial charge in [-0.25, -0.2) is 0 Å². The smallest absolute Gasteiger partial charge is 0.231 e. The number of hydrogen-bond acceptors (Lipinski definition) is 4. The lowest BCUT2D eigenvalue weighted by Crippen LogP contribution is -2.03. The van der Waals surface area contributed by atoms with Gasteiger partial charge in [0.05, 0.1) is 6.61 Å². The van der Waals surface area contributed by atoms with Crippen LogP contribution < -0.4 is 9.47 Å². The Hall–Kier alpha value is -0.780. The van der Waals surface area contributed by atoms with Gasteiger partial charge in [-0.3, -0.25) is 0 Å². The third-order valence-electron chi connectivity index (χ3n) is 2.02. The molecule has 1 atom stereocenters. The molecule has 0 saturated carbocycles. The predicted octanol–water partition coefficient (Wildman–Crippen LogP) is 1.20. The van der Waals surface area contributed by atoms with Gasteiger partial charge in [-0.2, -0.15) is 0 Å². The Morgan fingerprint density at radius 1 is 1.36 bits per heavy atom. The van der Waals surface area contributed by atoms with Crippen LogP contribution in [0.25, 0.3) is 0 Å². The summed E-state index contributed by atoms with van der Waals surface area (Å²) in [5.74, 6) is 1.24. The number of rotatable bonds is 2. The lowest BCUT2D eigenvalue weighted by atomic mass is 10.1. The highest BCUT2D eigenvalue weighted by Gasteiger charge is 2.19. The van der Waals surface area contributed by atoms with E-state index in [-0.39, 0.29) is 13.4 Å². The third kappa shape index (κ3) is 1.58. The number of aliphatic hydroxyl groups excluding tert-OH is 2. The first-order valence-electron chi connectivity index (χ1n) is 4.10. The van der Waals surface area contributed by atoms with Crippen LogP contribution in [0.4, 0.5) is 0 Å². The number of halogens is 1. The fourth-order valence-electron chi connectivity index (χ4n) is 1.29. The first-order chi connectivity index (χ1) is 6.72. The van der Waals surface area contributed by atoms with Crippen molar-refractivity contribution in [3.63, 3.8) is 0 Å². The molecular weight excluding hydrogens is 252 g/mol. The SMILES string of the molecule is OC[C@@H](O)c1cc2c(cc1Br)OCO2. The zero-order valence-corrected chi connectivity index (χ0v) is 8.82. The van der Waals surface area contributed by atoms with Crippen LogP contribution in [-0.2, 0) is 0 Å². The number of benzene rings is 1. The number of fused-ring (bicyclic) bond motifs is 1. The van der Waals surface area contributed by atoms with Gasteiger partial charge in [0.25, 0.3) is 0 Å². The molecule has 1 aliphatic rings. The molecule has 1 aromatic carbocycles. The molecule has 1 aromatic rings. The molecule has 76 valence electrons. The molecule has 0 unspecified atom stereocenters. The Morgan fingerprint density at radius 2 is 2.00 bits per heavy atom. The van der Waals surface area contributed by atoms with Crippen LogP contribution in [0.3, 0.4) is 0 Å². The second kappa shape index (κ2) is 3.76. The molecule has 0 aromatic heterocycles. The van der Waals surface area contributed by atoms with Crippen molar-refractivity contribution in [1.29, 1.82) is 0 Å². The minimum Gasteiger partial charge on any atom is -0.454 e. The van der Waals surface area contributed by atoms with Gasteiger partial charge in [-0.1, -0.05) is 15.9 Å². The molecule has 0 spiro atoms. The van der Waals surface area contributed by atoms with Gasteiger partial charge < -0.3 is 19.7 Å². The number of aliphatic hydroxyl groups is 2. The van der Waals surface area contributed by atoms with Crippen molar-refractivity contribution in [3.8, 4) is 11.5 Å². The quantitative estimate of drug-likeness (QED) is 0.839. The maximum Gasteiger partial charge on any atom is 0.231 e. The lowest BCUT2D eigenvalue weighted by Gasteiger charge is -2.10. The van der Waals surface area contributed by atoms with Crippen molar-refractivity contribution in [3.05, 3.63) is 22.2 Å². The fraction of sp³-hybridized carbons (Fsp3) is 0.333. The van der Waals surface area contributed by atoms with Gasteiger partial charge >= 0.3 is 0 Å². The van der Waals surface area contributed by atoms with Crippen LogP contribution in [0.5, 0.6) is 11.5 Å². The molecule has 0 amide bonds. The molecule has 2 N–H and O–H groups in total. The Morgan fingerprint density at radius 3 is 2.64 bits per heavy atom. The minimum atomic E-state index is -0.904. The van der Waals surface area contributed by atoms with E-state index in [2.05, 4.69) is 15.9 Å². The zero-order valence-electron chi connectivity index (χ0n) is 7.24. The van der Waals surface area contributed by atoms with E-state index in [9.17, 15) is 5.11 Å². The van der Waals surface area contributed by atoms with Gasteiger partial charge in [0.2, 0.25) is 6.79 Å². The highest BCUT2D eigenvalue weighted by atomic mass is 79.9. The molecule has 14 heavy (non-hydrogen) atoms. The van der Waals surface area contributed by atoms with Crippen molar-refractivity contribution in [2.45, 2.75) is 6.10 Å². The first-order valence-corrected chi connectivity index (χ1v) is 4.89. The highest BCUT2D eigenvalue weighted by molar-refractivity contribution is 9.10. The fourth-order valence-corrected chi connectivity index (χ4v) is 1.87. The first kappa shape index (κ1) is 9.76. The topological polar surface area (TPSA) is 58.9 Å². The van der Waals surface area contributed by atoms with E-state index < -0.39 is 6.10 Å². The monoisotopic (exact) mass is 260 g/mol. The van der Waals surface area contributed by atoms with E-state index in [0.29, 0.717) is 21.5 Å². The van der Waals surface area contributed by atoms with Crippen molar-refractivity contribution in [2.75, 3.05) is 13.4 Å². The second-order valence-corrected chi connectivity index (χ2v) is 3.78. The Bertz CT molecular complexity index is 353. The van der Waals surface area contributed by atoms with Crippen LogP contribution >= 0.6 is 15.9 Å². The average Bonchev–Trinajstić information content (AvgIpc) is 2.62. The van der Waals surface area contributed by atoms with Crippen LogP contribution in [0.2, 0.25) is 0 Å². The van der Waals surface area contributed by atoms with Crippen LogP contribution in [0.1, 0.15) is 11.7 Å². The van der Waals surface area contributed by atoms with Gasteiger partial charge in [0.1, 0.15) is 6.10 Å². The molecule has 0 radical (unpaired) electrons. The van der Waals surface area contributed by atoms with E-state index in [4.69, 9.17) is 14.6 Å². The molecule has 4 nitrogen and oxygen atoms in total. The summed E-state index contributed by atoms with van der Waals surface area (Å²) < 4.78 is 11.0. The van der Waals surface area contributed by atoms with E-state index in [1.165, 1.54) is 0 Å². The standard InChI is InChI=1S/C9H9BrO4/c10-6-2-9-8(13-4-14-9)1-5(6)7(12)3-11/h1-2,7,11-12H,3-4H2/t7-/m1/s1. The molecule has 0 fully saturated rings. The summed E-state index contributed by atoms with van der Waals surface area (Å²) in [6, 6.07) is 3.38. The van der Waals surface area contributed by atoms with Crippen molar-refractivity contribution >= 4 is 15.9 Å². The Labute approximate surface area is 89.2 Å². The summed E-state index contributed by atoms with van der Waals surface area (Å²) in [5, 5.41) is 18.3. The van der Waals surface area contributed by atoms with Gasteiger partial charge in [0.15, 0.2) is 11.5 Å². The molecular formula is C9H9BrO4. The third-order valence-corrected chi connectivity index (χ3v) is 2.71. The minimum absolute atomic E-state index is 0.195. The predicted molar refractivity (Wildman–Crippen MR) is 52.3 cm³/mol. The van der Waals surface area contributed by atoms with Gasteiger partial charge in [-0.05, 0) is 12.1 Å². The maximum absolute atomic E-state index is 9.46. The van der Waals surface area contributed by atoms with Gasteiger partial charge in [-0.15, -0.1) is 0 Å². The summed E-state index contributed by atoms with van der Waals surface area (Å²) in [4.78, 5) is 0. The largest absolute Gasteiger partial charge is 0.454 e. The van der Waals surface area contributed by atoms with Gasteiger partial charge in [0, 0.05) is 10.0 Å². The van der Waals surface area contributed by atoms with Crippen LogP contribution in [0, 0.1) is 0 Å². The van der Waals surface area contributed by atoms with E-state index in [0.717, 1.165) is 0 Å². The average molecular weight is 261 g/mol. The molecule has 1 aliphatic heterocycles. The van der Waals surface area contributed by atoms with Crippen molar-refractivity contribution < 1.29 is 19.7 Å². The van der Waals surface area contributed by atoms with E-state index in [1.54, 1.807) is 12.1 Å². The number of ether oxygens (including phenoxy) is 2. The van der Waals surface area contributed by atoms with Crippen LogP contribution in [0.15, 0.2) is 16.6 Å². The van der Waals surface area contributed by atoms with Crippen molar-refractivity contribution in [1.82, 2.24) is 0 Å². The normalized spacial score (nSPS) is 15.6. The Balaban J connectivity index is 2.42. The maximum atomic E-state index is 9.46. The second-order valence-electron chi connectivity index (χ2n) is 2.93. The summed E-state index contributed by atoms with van der Waals surface area (Å²) >= 11 is 3.28. The Kier molecular flexibility index (Phi) is 2.62. The summed E-state index contributed by atoms with van der Waals surface area (Å²) in [6.45, 7) is -0.126. The molecule has 0 bridgehead atoms. The molecule has 2 rings (SSSR count). The summed E-state index contributed by atoms with van der Waals surface area (Å²) in [6.07, 6.45) is -0.904. The van der Waals surface area contributed by atoms with Crippen LogP contribution in [-0.4, -0.2) is 23.6 Å². The van der Waals surface area contributed by atoms with Crippen molar-refractivity contribution in [2.24, 2.45) is 0 Å². The lowest BCUT2D eigenvalue weighted by molar-refractivity contribution is 0.0949. The van der Waals surface area contributed by atoms with E-state index in [1.807, 2.05) is 0 Å². The summed E-state index contributed by atoms with van der Waals surface area (Å²) in [5.41, 5.74) is 0.594. The van der Waals surface area contributed by atoms with E-state index >= 15 is 0 Å². The zero-order chi connectivity index (χ0) is 10.1. The molecule has 1 heterocycles. The molecule has 0 saturated heterocycles. The highest BCUT2D eigenvalue weighted by Crippen LogP contribution is 2.38. The molecule has 5 heteroatoms. The summed E-state index contributed by atoms with van der Waals surface area (Å²) in [7, 11) is 0.